The molecule has 0 amide bonds. The van der Waals surface area contributed by atoms with Gasteiger partial charge in [0.25, 0.3) is 6.43 Å². The molecule has 0 aliphatic heterocycles. The van der Waals surface area contributed by atoms with Crippen LogP contribution in [-0.4, -0.2) is 28.3 Å². The van der Waals surface area contributed by atoms with Gasteiger partial charge in [-0.05, 0) is 50.4 Å². The second-order valence-electron chi connectivity index (χ2n) is 7.67. The monoisotopic (exact) mass is 498 g/mol. The smallest absolute Gasteiger partial charge is 0.263 e. The van der Waals surface area contributed by atoms with Gasteiger partial charge >= 0.3 is 0 Å². The van der Waals surface area contributed by atoms with E-state index >= 15 is 0 Å². The number of alkyl halides is 2. The van der Waals surface area contributed by atoms with Gasteiger partial charge in [-0.25, -0.2) is 23.1 Å². The molecule has 172 valence electrons. The Bertz CT molecular complexity index is 1430. The molecule has 1 aromatic carbocycles. The van der Waals surface area contributed by atoms with E-state index in [4.69, 9.17) is 11.6 Å². The van der Waals surface area contributed by atoms with Crippen LogP contribution in [0.5, 0.6) is 0 Å². The van der Waals surface area contributed by atoms with E-state index in [-0.39, 0.29) is 24.2 Å². The molecule has 0 bridgehead atoms. The van der Waals surface area contributed by atoms with E-state index in [1.807, 2.05) is 6.07 Å². The number of anilines is 1. The van der Waals surface area contributed by atoms with Crippen LogP contribution in [0.25, 0.3) is 22.3 Å². The third-order valence-electron chi connectivity index (χ3n) is 5.03. The number of halogens is 4. The number of hydrogen-bond donors (Lipinski definition) is 1. The number of pyridine rings is 3. The number of nitrogens with one attached hydrogen (secondary N) is 1. The first kappa shape index (κ1) is 23.9. The minimum absolute atomic E-state index is 0.116. The predicted molar refractivity (Wildman–Crippen MR) is 133 cm³/mol. The fourth-order valence-electron chi connectivity index (χ4n) is 3.29. The third-order valence-corrected chi connectivity index (χ3v) is 6.67. The minimum atomic E-state index is -2.58. The Balaban J connectivity index is 1.77. The molecule has 0 fully saturated rings. The van der Waals surface area contributed by atoms with Crippen molar-refractivity contribution in [1.29, 1.82) is 0 Å². The molecule has 0 aliphatic carbocycles. The normalized spacial score (nSPS) is 11.1. The van der Waals surface area contributed by atoms with Gasteiger partial charge in [0.05, 0.1) is 27.4 Å². The Labute approximate surface area is 201 Å². The first-order valence-corrected chi connectivity index (χ1v) is 12.8. The molecule has 0 spiro atoms. The second-order valence-corrected chi connectivity index (χ2v) is 10.3. The highest BCUT2D eigenvalue weighted by Gasteiger charge is 2.17. The molecule has 4 rings (SSSR count). The third kappa shape index (κ3) is 4.99. The number of hydrogen-bond acceptors (Lipinski definition) is 4. The first-order valence-electron chi connectivity index (χ1n) is 10.2. The number of nitrogens with zero attached hydrogens (tertiary/aromatic N) is 3. The standard InChI is InChI=1S/C25H19ClF3N4P/c1-14-21(26)24(30-10-9-15-5-4-6-16(11-15)25(28)29)23-19(32-14)12-18(27)22(33-23)17-7-8-20(31-13-17)34(2)3/h4-8,11-13,25H,1-3H3,(H,30,32). The summed E-state index contributed by atoms with van der Waals surface area (Å²) in [5.74, 6) is 2.26. The van der Waals surface area contributed by atoms with Gasteiger partial charge < -0.3 is 5.32 Å². The highest BCUT2D eigenvalue weighted by atomic mass is 35.5. The summed E-state index contributed by atoms with van der Waals surface area (Å²) in [5.41, 5.74) is 3.36. The molecule has 0 saturated heterocycles. The van der Waals surface area contributed by atoms with Crippen LogP contribution in [0.4, 0.5) is 18.9 Å². The summed E-state index contributed by atoms with van der Waals surface area (Å²) < 4.78 is 40.8. The second kappa shape index (κ2) is 9.97. The summed E-state index contributed by atoms with van der Waals surface area (Å²) in [7, 11) is -0.378. The van der Waals surface area contributed by atoms with Crippen LogP contribution in [0, 0.1) is 24.7 Å². The molecule has 0 saturated carbocycles. The van der Waals surface area contributed by atoms with Crippen molar-refractivity contribution in [2.75, 3.05) is 18.6 Å². The van der Waals surface area contributed by atoms with Crippen LogP contribution in [0.1, 0.15) is 23.2 Å². The van der Waals surface area contributed by atoms with E-state index in [2.05, 4.69) is 45.6 Å². The summed E-state index contributed by atoms with van der Waals surface area (Å²) in [5, 5.41) is 3.18. The summed E-state index contributed by atoms with van der Waals surface area (Å²) in [6.07, 6.45) is -0.986. The fourth-order valence-corrected chi connectivity index (χ4v) is 4.13. The van der Waals surface area contributed by atoms with Gasteiger partial charge in [0.1, 0.15) is 11.2 Å². The number of rotatable bonds is 4. The average Bonchev–Trinajstić information content (AvgIpc) is 2.81. The first-order chi connectivity index (χ1) is 16.2. The maximum absolute atomic E-state index is 14.9. The van der Waals surface area contributed by atoms with Crippen molar-refractivity contribution < 1.29 is 13.2 Å². The molecule has 9 heteroatoms. The van der Waals surface area contributed by atoms with Crippen molar-refractivity contribution in [3.05, 3.63) is 76.3 Å². The van der Waals surface area contributed by atoms with Gasteiger partial charge in [0.15, 0.2) is 5.82 Å². The molecule has 4 nitrogen and oxygen atoms in total. The number of aryl methyl sites for hydroxylation is 1. The maximum atomic E-state index is 14.9. The molecular weight excluding hydrogens is 480 g/mol. The zero-order valence-corrected chi connectivity index (χ0v) is 20.1. The highest BCUT2D eigenvalue weighted by molar-refractivity contribution is 7.63. The van der Waals surface area contributed by atoms with Gasteiger partial charge in [-0.1, -0.05) is 31.7 Å². The summed E-state index contributed by atoms with van der Waals surface area (Å²) in [6, 6.07) is 13.5. The zero-order valence-electron chi connectivity index (χ0n) is 18.5. The quantitative estimate of drug-likeness (QED) is 0.198. The van der Waals surface area contributed by atoms with E-state index < -0.39 is 12.2 Å². The predicted octanol–water partition coefficient (Wildman–Crippen LogP) is 6.52. The van der Waals surface area contributed by atoms with Gasteiger partial charge in [0.2, 0.25) is 0 Å². The van der Waals surface area contributed by atoms with Crippen LogP contribution in [-0.2, 0) is 0 Å². The highest BCUT2D eigenvalue weighted by Crippen LogP contribution is 2.34. The van der Waals surface area contributed by atoms with E-state index in [9.17, 15) is 13.2 Å². The Morgan fingerprint density at radius 2 is 1.88 bits per heavy atom. The molecular formula is C25H19ClF3N4P. The molecule has 34 heavy (non-hydrogen) atoms. The number of aromatic nitrogens is 3. The molecule has 3 heterocycles. The molecule has 0 aliphatic rings. The summed E-state index contributed by atoms with van der Waals surface area (Å²) in [6.45, 7) is 5.87. The van der Waals surface area contributed by atoms with Gasteiger partial charge in [-0.3, -0.25) is 4.98 Å². The van der Waals surface area contributed by atoms with Crippen molar-refractivity contribution in [3.8, 4) is 23.2 Å². The van der Waals surface area contributed by atoms with Crippen molar-refractivity contribution in [2.45, 2.75) is 13.3 Å². The van der Waals surface area contributed by atoms with Gasteiger partial charge in [0, 0.05) is 35.0 Å². The van der Waals surface area contributed by atoms with Crippen molar-refractivity contribution in [2.24, 2.45) is 0 Å². The van der Waals surface area contributed by atoms with Gasteiger partial charge in [-0.2, -0.15) is 0 Å². The fraction of sp³-hybridized carbons (Fsp3) is 0.160. The molecule has 1 N–H and O–H groups in total. The lowest BCUT2D eigenvalue weighted by atomic mass is 10.1. The Hall–Kier alpha value is -3.20. The Morgan fingerprint density at radius 3 is 2.56 bits per heavy atom. The lowest BCUT2D eigenvalue weighted by Crippen LogP contribution is -2.05. The van der Waals surface area contributed by atoms with Crippen molar-refractivity contribution in [1.82, 2.24) is 15.0 Å². The van der Waals surface area contributed by atoms with E-state index in [0.717, 1.165) is 5.44 Å². The molecule has 0 unspecified atom stereocenters. The van der Waals surface area contributed by atoms with Crippen LogP contribution >= 0.6 is 19.5 Å². The molecule has 0 radical (unpaired) electrons. The van der Waals surface area contributed by atoms with E-state index in [1.165, 1.54) is 24.3 Å². The van der Waals surface area contributed by atoms with E-state index in [0.29, 0.717) is 33.5 Å². The molecule has 3 aromatic heterocycles. The van der Waals surface area contributed by atoms with Crippen LogP contribution in [0.3, 0.4) is 0 Å². The van der Waals surface area contributed by atoms with Crippen molar-refractivity contribution >= 4 is 41.7 Å². The molecule has 4 aromatic rings. The lowest BCUT2D eigenvalue weighted by molar-refractivity contribution is 0.151. The Kier molecular flexibility index (Phi) is 7.02. The largest absolute Gasteiger partial charge is 0.311 e. The van der Waals surface area contributed by atoms with Gasteiger partial charge in [-0.15, -0.1) is 0 Å². The van der Waals surface area contributed by atoms with Crippen molar-refractivity contribution in [3.63, 3.8) is 0 Å². The Morgan fingerprint density at radius 1 is 1.09 bits per heavy atom. The number of benzene rings is 1. The maximum Gasteiger partial charge on any atom is 0.263 e. The minimum Gasteiger partial charge on any atom is -0.311 e. The van der Waals surface area contributed by atoms with E-state index in [1.54, 1.807) is 25.3 Å². The number of fused-ring (bicyclic) bond motifs is 1. The average molecular weight is 499 g/mol. The summed E-state index contributed by atoms with van der Waals surface area (Å²) in [4.78, 5) is 13.3. The topological polar surface area (TPSA) is 50.7 Å². The summed E-state index contributed by atoms with van der Waals surface area (Å²) >= 11 is 6.48. The van der Waals surface area contributed by atoms with Crippen LogP contribution in [0.2, 0.25) is 5.02 Å². The lowest BCUT2D eigenvalue weighted by Gasteiger charge is -2.12. The van der Waals surface area contributed by atoms with Crippen LogP contribution < -0.4 is 10.8 Å². The molecule has 0 atom stereocenters. The van der Waals surface area contributed by atoms with Crippen LogP contribution in [0.15, 0.2) is 48.7 Å². The SMILES string of the molecule is Cc1nc2cc(F)c(-c3ccc(P(C)C)nc3)nc2c(NC#Cc2cccc(C(F)F)c2)c1Cl. The zero-order chi connectivity index (χ0) is 24.4.